The molecule has 1 unspecified atom stereocenters. The van der Waals surface area contributed by atoms with Crippen LogP contribution in [0.25, 0.3) is 17.0 Å². The van der Waals surface area contributed by atoms with E-state index in [1.54, 1.807) is 0 Å². The van der Waals surface area contributed by atoms with Crippen molar-refractivity contribution in [3.63, 3.8) is 0 Å². The van der Waals surface area contributed by atoms with E-state index >= 15 is 0 Å². The van der Waals surface area contributed by atoms with Gasteiger partial charge in [0.1, 0.15) is 0 Å². The lowest BCUT2D eigenvalue weighted by Gasteiger charge is -2.37. The van der Waals surface area contributed by atoms with Crippen LogP contribution in [-0.2, 0) is 0 Å². The lowest BCUT2D eigenvalue weighted by molar-refractivity contribution is 0.395. The van der Waals surface area contributed by atoms with Crippen molar-refractivity contribution in [2.24, 2.45) is 0 Å². The quantitative estimate of drug-likeness (QED) is 0.338. The number of aromatic nitrogens is 2. The molecule has 0 fully saturated rings. The number of rotatable bonds is 7. The number of benzene rings is 2. The van der Waals surface area contributed by atoms with Gasteiger partial charge in [0.15, 0.2) is 5.11 Å². The minimum absolute atomic E-state index is 0.198. The first kappa shape index (κ1) is 21.5. The van der Waals surface area contributed by atoms with Gasteiger partial charge in [-0.2, -0.15) is 4.98 Å². The van der Waals surface area contributed by atoms with Gasteiger partial charge in [0.25, 0.3) is 5.89 Å². The number of halogens is 1. The lowest BCUT2D eigenvalue weighted by Crippen LogP contribution is -2.46. The van der Waals surface area contributed by atoms with Crippen molar-refractivity contribution in [3.8, 4) is 11.4 Å². The molecule has 2 heterocycles. The average Bonchev–Trinajstić information content (AvgIpc) is 3.26. The van der Waals surface area contributed by atoms with Crippen molar-refractivity contribution in [2.45, 2.75) is 39.2 Å². The first-order valence-corrected chi connectivity index (χ1v) is 11.3. The van der Waals surface area contributed by atoms with E-state index in [9.17, 15) is 0 Å². The Morgan fingerprint density at radius 2 is 1.84 bits per heavy atom. The van der Waals surface area contributed by atoms with Crippen LogP contribution in [0.2, 0.25) is 5.02 Å². The molecule has 3 aromatic rings. The molecule has 0 amide bonds. The Morgan fingerprint density at radius 3 is 2.55 bits per heavy atom. The standard InChI is InChI=1S/C24H25ClN4OS/c1-3-4-8-15-29-16(2)20(21(26-24(29)31)17-11-13-19(25)14-12-17)23-27-22(28-30-23)18-9-6-5-7-10-18/h5-7,9-14,21H,3-4,8,15H2,1-2H3,(H,26,31). The fraction of sp³-hybridized carbons (Fsp3) is 0.292. The fourth-order valence-electron chi connectivity index (χ4n) is 3.79. The Labute approximate surface area is 193 Å². The van der Waals surface area contributed by atoms with E-state index in [2.05, 4.69) is 29.2 Å². The van der Waals surface area contributed by atoms with Gasteiger partial charge in [-0.3, -0.25) is 0 Å². The van der Waals surface area contributed by atoms with Crippen LogP contribution >= 0.6 is 23.8 Å². The fourth-order valence-corrected chi connectivity index (χ4v) is 4.26. The number of nitrogens with zero attached hydrogens (tertiary/aromatic N) is 3. The van der Waals surface area contributed by atoms with Crippen molar-refractivity contribution in [1.82, 2.24) is 20.4 Å². The van der Waals surface area contributed by atoms with Crippen molar-refractivity contribution in [2.75, 3.05) is 6.54 Å². The lowest BCUT2D eigenvalue weighted by atomic mass is 9.94. The van der Waals surface area contributed by atoms with Gasteiger partial charge >= 0.3 is 0 Å². The average molecular weight is 453 g/mol. The van der Waals surface area contributed by atoms with E-state index < -0.39 is 0 Å². The highest BCUT2D eigenvalue weighted by molar-refractivity contribution is 7.80. The summed E-state index contributed by atoms with van der Waals surface area (Å²) in [5.74, 6) is 1.06. The molecule has 160 valence electrons. The third kappa shape index (κ3) is 4.65. The van der Waals surface area contributed by atoms with Crippen LogP contribution in [0.4, 0.5) is 0 Å². The van der Waals surface area contributed by atoms with Crippen LogP contribution in [0, 0.1) is 0 Å². The number of thiocarbonyl (C=S) groups is 1. The summed E-state index contributed by atoms with van der Waals surface area (Å²) in [6, 6.07) is 17.4. The molecular weight excluding hydrogens is 428 g/mol. The molecule has 0 saturated heterocycles. The molecule has 0 saturated carbocycles. The predicted octanol–water partition coefficient (Wildman–Crippen LogP) is 6.24. The highest BCUT2D eigenvalue weighted by atomic mass is 35.5. The third-order valence-electron chi connectivity index (χ3n) is 5.47. The summed E-state index contributed by atoms with van der Waals surface area (Å²) in [5, 5.41) is 9.12. The largest absolute Gasteiger partial charge is 0.351 e. The summed E-state index contributed by atoms with van der Waals surface area (Å²) in [6.45, 7) is 5.12. The van der Waals surface area contributed by atoms with Crippen LogP contribution in [0.1, 0.15) is 50.6 Å². The van der Waals surface area contributed by atoms with E-state index in [1.807, 2.05) is 54.6 Å². The Kier molecular flexibility index (Phi) is 6.68. The van der Waals surface area contributed by atoms with Gasteiger partial charge in [0.05, 0.1) is 11.6 Å². The Morgan fingerprint density at radius 1 is 1.10 bits per heavy atom. The maximum absolute atomic E-state index is 6.12. The first-order chi connectivity index (χ1) is 15.1. The normalized spacial score (nSPS) is 16.5. The molecule has 7 heteroatoms. The zero-order chi connectivity index (χ0) is 21.8. The van der Waals surface area contributed by atoms with E-state index in [1.165, 1.54) is 0 Å². The molecule has 2 aromatic carbocycles. The van der Waals surface area contributed by atoms with Crippen molar-refractivity contribution in [3.05, 3.63) is 76.8 Å². The molecule has 1 aromatic heterocycles. The summed E-state index contributed by atoms with van der Waals surface area (Å²) in [4.78, 5) is 6.87. The van der Waals surface area contributed by atoms with Gasteiger partial charge in [0, 0.05) is 22.8 Å². The molecule has 0 radical (unpaired) electrons. The number of hydrogen-bond donors (Lipinski definition) is 1. The Balaban J connectivity index is 1.76. The maximum Gasteiger partial charge on any atom is 0.258 e. The molecule has 31 heavy (non-hydrogen) atoms. The summed E-state index contributed by atoms with van der Waals surface area (Å²) in [5.41, 5.74) is 3.91. The molecule has 0 bridgehead atoms. The van der Waals surface area contributed by atoms with Crippen molar-refractivity contribution >= 4 is 34.5 Å². The second kappa shape index (κ2) is 9.62. The van der Waals surface area contributed by atoms with Gasteiger partial charge in [0.2, 0.25) is 5.82 Å². The monoisotopic (exact) mass is 452 g/mol. The van der Waals surface area contributed by atoms with Crippen LogP contribution < -0.4 is 5.32 Å². The Bertz CT molecular complexity index is 1080. The molecule has 0 aliphatic carbocycles. The molecule has 0 spiro atoms. The van der Waals surface area contributed by atoms with E-state index in [0.717, 1.165) is 48.2 Å². The van der Waals surface area contributed by atoms with Crippen LogP contribution in [0.5, 0.6) is 0 Å². The van der Waals surface area contributed by atoms with Crippen LogP contribution in [-0.4, -0.2) is 26.7 Å². The number of allylic oxidation sites excluding steroid dienone is 1. The second-order valence-electron chi connectivity index (χ2n) is 7.58. The van der Waals surface area contributed by atoms with Gasteiger partial charge in [-0.1, -0.05) is 79.0 Å². The zero-order valence-electron chi connectivity index (χ0n) is 17.6. The molecule has 4 rings (SSSR count). The summed E-state index contributed by atoms with van der Waals surface area (Å²) in [6.07, 6.45) is 3.37. The SMILES string of the molecule is CCCCCN1C(=S)NC(c2ccc(Cl)cc2)C(c2nc(-c3ccccc3)no2)=C1C. The summed E-state index contributed by atoms with van der Waals surface area (Å²) in [7, 11) is 0. The predicted molar refractivity (Wildman–Crippen MR) is 128 cm³/mol. The second-order valence-corrected chi connectivity index (χ2v) is 8.40. The molecule has 1 atom stereocenters. The maximum atomic E-state index is 6.12. The highest BCUT2D eigenvalue weighted by Gasteiger charge is 2.33. The minimum Gasteiger partial charge on any atom is -0.351 e. The zero-order valence-corrected chi connectivity index (χ0v) is 19.2. The van der Waals surface area contributed by atoms with Gasteiger partial charge in [-0.25, -0.2) is 0 Å². The molecule has 5 nitrogen and oxygen atoms in total. The van der Waals surface area contributed by atoms with Crippen LogP contribution in [0.15, 0.2) is 64.8 Å². The number of hydrogen-bond acceptors (Lipinski definition) is 4. The Hall–Kier alpha value is -2.70. The molecular formula is C24H25ClN4OS. The molecule has 1 N–H and O–H groups in total. The molecule has 1 aliphatic rings. The minimum atomic E-state index is -0.198. The van der Waals surface area contributed by atoms with Gasteiger partial charge < -0.3 is 14.7 Å². The smallest absolute Gasteiger partial charge is 0.258 e. The van der Waals surface area contributed by atoms with Gasteiger partial charge in [-0.05, 0) is 43.3 Å². The highest BCUT2D eigenvalue weighted by Crippen LogP contribution is 2.37. The number of unbranched alkanes of at least 4 members (excludes halogenated alkanes) is 2. The van der Waals surface area contributed by atoms with E-state index in [-0.39, 0.29) is 6.04 Å². The molecule has 1 aliphatic heterocycles. The van der Waals surface area contributed by atoms with Crippen LogP contribution in [0.3, 0.4) is 0 Å². The topological polar surface area (TPSA) is 54.2 Å². The van der Waals surface area contributed by atoms with Crippen molar-refractivity contribution in [1.29, 1.82) is 0 Å². The summed E-state index contributed by atoms with van der Waals surface area (Å²) < 4.78 is 5.76. The van der Waals surface area contributed by atoms with Crippen molar-refractivity contribution < 1.29 is 4.52 Å². The van der Waals surface area contributed by atoms with E-state index in [0.29, 0.717) is 21.9 Å². The first-order valence-electron chi connectivity index (χ1n) is 10.5. The third-order valence-corrected chi connectivity index (χ3v) is 6.06. The summed E-state index contributed by atoms with van der Waals surface area (Å²) >= 11 is 11.8. The number of nitrogens with one attached hydrogen (secondary N) is 1. The van der Waals surface area contributed by atoms with E-state index in [4.69, 9.17) is 33.3 Å². The van der Waals surface area contributed by atoms with Gasteiger partial charge in [-0.15, -0.1) is 0 Å².